The minimum absolute atomic E-state index is 0.0762. The quantitative estimate of drug-likeness (QED) is 0.732. The van der Waals surface area contributed by atoms with Gasteiger partial charge in [0, 0.05) is 25.9 Å². The zero-order chi connectivity index (χ0) is 16.4. The fourth-order valence-corrected chi connectivity index (χ4v) is 3.84. The number of ether oxygens (including phenoxy) is 2. The molecule has 2 aliphatic heterocycles. The van der Waals surface area contributed by atoms with Crippen LogP contribution in [0.3, 0.4) is 0 Å². The Bertz CT molecular complexity index is 428. The van der Waals surface area contributed by atoms with Crippen molar-refractivity contribution in [3.63, 3.8) is 0 Å². The summed E-state index contributed by atoms with van der Waals surface area (Å²) in [7, 11) is 0. The van der Waals surface area contributed by atoms with Crippen LogP contribution in [0.25, 0.3) is 0 Å². The third-order valence-corrected chi connectivity index (χ3v) is 4.66. The highest BCUT2D eigenvalue weighted by Crippen LogP contribution is 2.46. The van der Waals surface area contributed by atoms with Crippen LogP contribution in [0.1, 0.15) is 59.8 Å². The lowest BCUT2D eigenvalue weighted by Crippen LogP contribution is -2.53. The molecular weight excluding hydrogens is 282 g/mol. The third kappa shape index (κ3) is 3.45. The van der Waals surface area contributed by atoms with Crippen molar-refractivity contribution >= 4 is 11.9 Å². The van der Waals surface area contributed by atoms with E-state index >= 15 is 0 Å². The summed E-state index contributed by atoms with van der Waals surface area (Å²) in [6, 6.07) is 0. The van der Waals surface area contributed by atoms with Crippen molar-refractivity contribution in [2.24, 2.45) is 5.92 Å². The van der Waals surface area contributed by atoms with Crippen LogP contribution < -0.4 is 0 Å². The largest absolute Gasteiger partial charge is 0.458 e. The predicted molar refractivity (Wildman–Crippen MR) is 83.4 cm³/mol. The van der Waals surface area contributed by atoms with Gasteiger partial charge in [0.1, 0.15) is 5.60 Å². The number of hydrogen-bond donors (Lipinski definition) is 0. The lowest BCUT2D eigenvalue weighted by atomic mass is 9.75. The van der Waals surface area contributed by atoms with Crippen LogP contribution in [-0.4, -0.2) is 47.7 Å². The van der Waals surface area contributed by atoms with Crippen LogP contribution in [0.5, 0.6) is 0 Å². The Balaban J connectivity index is 2.23. The van der Waals surface area contributed by atoms with Crippen molar-refractivity contribution in [1.29, 1.82) is 0 Å². The monoisotopic (exact) mass is 311 g/mol. The zero-order valence-corrected chi connectivity index (χ0v) is 14.3. The van der Waals surface area contributed by atoms with E-state index in [1.165, 1.54) is 0 Å². The van der Waals surface area contributed by atoms with E-state index in [2.05, 4.69) is 13.8 Å². The molecule has 2 rings (SSSR count). The van der Waals surface area contributed by atoms with Crippen molar-refractivity contribution in [3.8, 4) is 0 Å². The van der Waals surface area contributed by atoms with Gasteiger partial charge in [-0.2, -0.15) is 0 Å². The van der Waals surface area contributed by atoms with Crippen molar-refractivity contribution in [1.82, 2.24) is 4.90 Å². The van der Waals surface area contributed by atoms with Crippen LogP contribution in [0.15, 0.2) is 0 Å². The van der Waals surface area contributed by atoms with E-state index in [4.69, 9.17) is 9.47 Å². The Morgan fingerprint density at radius 3 is 2.45 bits per heavy atom. The van der Waals surface area contributed by atoms with Gasteiger partial charge >= 0.3 is 5.97 Å². The smallest absolute Gasteiger partial charge is 0.307 e. The number of esters is 1. The first kappa shape index (κ1) is 17.3. The van der Waals surface area contributed by atoms with E-state index in [1.54, 1.807) is 0 Å². The first-order chi connectivity index (χ1) is 10.3. The number of carbonyl (C=O) groups excluding carboxylic acids is 2. The SMILES string of the molecule is CCCN(CCC)C(=O)[C@@H]1CC(=O)O[C@]12CCOC(C)(C)C2. The molecule has 2 atom stereocenters. The summed E-state index contributed by atoms with van der Waals surface area (Å²) in [6.45, 7) is 10.2. The fourth-order valence-electron chi connectivity index (χ4n) is 3.84. The maximum absolute atomic E-state index is 13.0. The molecule has 0 aromatic carbocycles. The molecule has 1 amide bonds. The van der Waals surface area contributed by atoms with Gasteiger partial charge in [-0.25, -0.2) is 0 Å². The number of nitrogens with zero attached hydrogens (tertiary/aromatic N) is 1. The van der Waals surface area contributed by atoms with Crippen LogP contribution in [0, 0.1) is 5.92 Å². The highest BCUT2D eigenvalue weighted by molar-refractivity contribution is 5.88. The Morgan fingerprint density at radius 2 is 1.91 bits per heavy atom. The van der Waals surface area contributed by atoms with E-state index in [0.717, 1.165) is 25.9 Å². The van der Waals surface area contributed by atoms with Gasteiger partial charge in [0.05, 0.1) is 24.5 Å². The average molecular weight is 311 g/mol. The van der Waals surface area contributed by atoms with Crippen molar-refractivity contribution in [3.05, 3.63) is 0 Å². The highest BCUT2D eigenvalue weighted by Gasteiger charge is 2.57. The summed E-state index contributed by atoms with van der Waals surface area (Å²) >= 11 is 0. The normalized spacial score (nSPS) is 30.4. The Morgan fingerprint density at radius 1 is 1.27 bits per heavy atom. The number of hydrogen-bond acceptors (Lipinski definition) is 4. The van der Waals surface area contributed by atoms with E-state index in [0.29, 0.717) is 19.4 Å². The molecule has 2 fully saturated rings. The number of rotatable bonds is 5. The zero-order valence-electron chi connectivity index (χ0n) is 14.3. The second-order valence-corrected chi connectivity index (χ2v) is 7.16. The molecule has 0 N–H and O–H groups in total. The van der Waals surface area contributed by atoms with E-state index in [1.807, 2.05) is 18.7 Å². The van der Waals surface area contributed by atoms with Crippen LogP contribution in [-0.2, 0) is 19.1 Å². The summed E-state index contributed by atoms with van der Waals surface area (Å²) in [6.07, 6.45) is 3.27. The van der Waals surface area contributed by atoms with Gasteiger partial charge in [-0.3, -0.25) is 9.59 Å². The molecule has 0 aliphatic carbocycles. The van der Waals surface area contributed by atoms with Crippen molar-refractivity contribution in [2.75, 3.05) is 19.7 Å². The maximum Gasteiger partial charge on any atom is 0.307 e. The van der Waals surface area contributed by atoms with Gasteiger partial charge in [-0.1, -0.05) is 13.8 Å². The van der Waals surface area contributed by atoms with Crippen molar-refractivity contribution < 1.29 is 19.1 Å². The average Bonchev–Trinajstić information content (AvgIpc) is 2.72. The Labute approximate surface area is 133 Å². The standard InChI is InChI=1S/C17H29NO4/c1-5-8-18(9-6-2)15(20)13-11-14(19)22-17(13)7-10-21-16(3,4)12-17/h13H,5-12H2,1-4H3/t13-,17-/m0/s1. The summed E-state index contributed by atoms with van der Waals surface area (Å²) in [5.74, 6) is -0.530. The number of amides is 1. The Kier molecular flexibility index (Phi) is 5.15. The third-order valence-electron chi connectivity index (χ3n) is 4.66. The van der Waals surface area contributed by atoms with Gasteiger partial charge in [0.25, 0.3) is 0 Å². The summed E-state index contributed by atoms with van der Waals surface area (Å²) in [4.78, 5) is 26.9. The summed E-state index contributed by atoms with van der Waals surface area (Å²) in [5.41, 5.74) is -1.03. The van der Waals surface area contributed by atoms with Gasteiger partial charge in [0.2, 0.25) is 5.91 Å². The van der Waals surface area contributed by atoms with Crippen LogP contribution in [0.2, 0.25) is 0 Å². The van der Waals surface area contributed by atoms with Gasteiger partial charge < -0.3 is 14.4 Å². The van der Waals surface area contributed by atoms with Crippen LogP contribution >= 0.6 is 0 Å². The molecule has 126 valence electrons. The molecule has 0 aromatic heterocycles. The van der Waals surface area contributed by atoms with E-state index in [9.17, 15) is 9.59 Å². The Hall–Kier alpha value is -1.10. The molecule has 2 aliphatic rings. The molecule has 5 heteroatoms. The molecule has 0 saturated carbocycles. The molecule has 22 heavy (non-hydrogen) atoms. The minimum atomic E-state index is -0.671. The molecule has 5 nitrogen and oxygen atoms in total. The van der Waals surface area contributed by atoms with Gasteiger partial charge in [0.15, 0.2) is 0 Å². The fraction of sp³-hybridized carbons (Fsp3) is 0.882. The molecule has 2 heterocycles. The molecule has 0 aromatic rings. The second kappa shape index (κ2) is 6.57. The molecule has 1 spiro atoms. The maximum atomic E-state index is 13.0. The molecule has 0 radical (unpaired) electrons. The molecule has 0 unspecified atom stereocenters. The number of carbonyl (C=O) groups is 2. The predicted octanol–water partition coefficient (Wildman–Crippen LogP) is 2.53. The van der Waals surface area contributed by atoms with Gasteiger partial charge in [-0.05, 0) is 26.7 Å². The van der Waals surface area contributed by atoms with Gasteiger partial charge in [-0.15, -0.1) is 0 Å². The molecular formula is C17H29NO4. The van der Waals surface area contributed by atoms with Crippen LogP contribution in [0.4, 0.5) is 0 Å². The highest BCUT2D eigenvalue weighted by atomic mass is 16.6. The summed E-state index contributed by atoms with van der Waals surface area (Å²) in [5, 5.41) is 0. The molecule has 2 saturated heterocycles. The minimum Gasteiger partial charge on any atom is -0.458 e. The lowest BCUT2D eigenvalue weighted by Gasteiger charge is -2.44. The van der Waals surface area contributed by atoms with Crippen molar-refractivity contribution in [2.45, 2.75) is 71.0 Å². The van der Waals surface area contributed by atoms with E-state index < -0.39 is 5.60 Å². The topological polar surface area (TPSA) is 55.8 Å². The second-order valence-electron chi connectivity index (χ2n) is 7.16. The lowest BCUT2D eigenvalue weighted by molar-refractivity contribution is -0.181. The van der Waals surface area contributed by atoms with E-state index in [-0.39, 0.29) is 29.8 Å². The first-order valence-electron chi connectivity index (χ1n) is 8.48. The summed E-state index contributed by atoms with van der Waals surface area (Å²) < 4.78 is 11.5. The molecule has 0 bridgehead atoms. The first-order valence-corrected chi connectivity index (χ1v) is 8.48.